The third-order valence-electron chi connectivity index (χ3n) is 4.66. The third kappa shape index (κ3) is 5.81. The Bertz CT molecular complexity index is 674. The topological polar surface area (TPSA) is 90.0 Å². The fourth-order valence-corrected chi connectivity index (χ4v) is 3.40. The first-order valence-corrected chi connectivity index (χ1v) is 8.97. The van der Waals surface area contributed by atoms with Crippen molar-refractivity contribution in [3.8, 4) is 0 Å². The van der Waals surface area contributed by atoms with Gasteiger partial charge in [0.05, 0.1) is 11.8 Å². The van der Waals surface area contributed by atoms with Crippen LogP contribution < -0.4 is 4.90 Å². The minimum Gasteiger partial charge on any atom is -0.378 e. The van der Waals surface area contributed by atoms with E-state index in [4.69, 9.17) is 9.47 Å². The van der Waals surface area contributed by atoms with Gasteiger partial charge < -0.3 is 14.4 Å². The SMILES string of the molecule is COCC(=O)[C@@H](C(C)=O)C(c1ccc(N(C)C)cc1)[C@H](C(C)=O)C(=O)COC. The number of ether oxygens (including phenoxy) is 2. The highest BCUT2D eigenvalue weighted by Gasteiger charge is 2.43. The molecular weight excluding hydrogens is 362 g/mol. The van der Waals surface area contributed by atoms with Gasteiger partial charge in [-0.15, -0.1) is 0 Å². The molecule has 0 unspecified atom stereocenters. The number of Topliss-reactive ketones (excluding diaryl/α,β-unsaturated/α-hetero) is 4. The van der Waals surface area contributed by atoms with Crippen molar-refractivity contribution in [2.75, 3.05) is 46.4 Å². The molecule has 154 valence electrons. The fourth-order valence-electron chi connectivity index (χ4n) is 3.40. The van der Waals surface area contributed by atoms with E-state index in [9.17, 15) is 19.2 Å². The van der Waals surface area contributed by atoms with Crippen molar-refractivity contribution in [1.82, 2.24) is 0 Å². The van der Waals surface area contributed by atoms with Crippen molar-refractivity contribution in [2.24, 2.45) is 11.8 Å². The average Bonchev–Trinajstić information content (AvgIpc) is 2.61. The summed E-state index contributed by atoms with van der Waals surface area (Å²) >= 11 is 0. The van der Waals surface area contributed by atoms with E-state index in [0.29, 0.717) is 5.56 Å². The smallest absolute Gasteiger partial charge is 0.169 e. The summed E-state index contributed by atoms with van der Waals surface area (Å²) in [5, 5.41) is 0. The molecule has 2 atom stereocenters. The van der Waals surface area contributed by atoms with Crippen LogP contribution in [0.3, 0.4) is 0 Å². The van der Waals surface area contributed by atoms with Crippen LogP contribution >= 0.6 is 0 Å². The van der Waals surface area contributed by atoms with E-state index in [2.05, 4.69) is 0 Å². The normalized spacial score (nSPS) is 13.1. The van der Waals surface area contributed by atoms with Gasteiger partial charge in [-0.2, -0.15) is 0 Å². The monoisotopic (exact) mass is 391 g/mol. The molecule has 0 radical (unpaired) electrons. The van der Waals surface area contributed by atoms with Gasteiger partial charge in [0.1, 0.15) is 24.8 Å². The van der Waals surface area contributed by atoms with E-state index in [1.807, 2.05) is 31.1 Å². The molecule has 7 heteroatoms. The molecule has 0 aliphatic rings. The lowest BCUT2D eigenvalue weighted by atomic mass is 9.70. The summed E-state index contributed by atoms with van der Waals surface area (Å²) in [6, 6.07) is 7.12. The number of hydrogen-bond donors (Lipinski definition) is 0. The number of carbonyl (C=O) groups excluding carboxylic acids is 4. The zero-order chi connectivity index (χ0) is 21.4. The summed E-state index contributed by atoms with van der Waals surface area (Å²) in [6.45, 7) is 2.02. The maximum absolute atomic E-state index is 12.7. The molecule has 0 heterocycles. The summed E-state index contributed by atoms with van der Waals surface area (Å²) in [6.07, 6.45) is 0. The second kappa shape index (κ2) is 10.8. The van der Waals surface area contributed by atoms with E-state index in [1.54, 1.807) is 12.1 Å². The Labute approximate surface area is 166 Å². The maximum atomic E-state index is 12.7. The highest BCUT2D eigenvalue weighted by atomic mass is 16.5. The molecule has 0 aliphatic carbocycles. The summed E-state index contributed by atoms with van der Waals surface area (Å²) in [4.78, 5) is 52.1. The van der Waals surface area contributed by atoms with Crippen molar-refractivity contribution in [3.05, 3.63) is 29.8 Å². The summed E-state index contributed by atoms with van der Waals surface area (Å²) in [5.41, 5.74) is 1.48. The zero-order valence-electron chi connectivity index (χ0n) is 17.4. The lowest BCUT2D eigenvalue weighted by Gasteiger charge is -2.30. The van der Waals surface area contributed by atoms with Crippen molar-refractivity contribution < 1.29 is 28.7 Å². The van der Waals surface area contributed by atoms with Crippen molar-refractivity contribution in [3.63, 3.8) is 0 Å². The number of hydrogen-bond acceptors (Lipinski definition) is 7. The zero-order valence-corrected chi connectivity index (χ0v) is 17.4. The minimum atomic E-state index is -1.17. The molecule has 1 aromatic rings. The van der Waals surface area contributed by atoms with Gasteiger partial charge in [0.2, 0.25) is 0 Å². The molecule has 0 aliphatic heterocycles. The number of nitrogens with zero attached hydrogens (tertiary/aromatic N) is 1. The molecule has 0 fully saturated rings. The molecule has 28 heavy (non-hydrogen) atoms. The number of carbonyl (C=O) groups is 4. The molecular formula is C21H29NO6. The van der Waals surface area contributed by atoms with Crippen LogP contribution in [-0.4, -0.2) is 64.7 Å². The highest BCUT2D eigenvalue weighted by Crippen LogP contribution is 2.36. The number of benzene rings is 1. The molecule has 0 saturated heterocycles. The van der Waals surface area contributed by atoms with Crippen molar-refractivity contribution in [1.29, 1.82) is 0 Å². The first-order valence-electron chi connectivity index (χ1n) is 8.97. The van der Waals surface area contributed by atoms with Crippen LogP contribution in [-0.2, 0) is 28.7 Å². The van der Waals surface area contributed by atoms with Crippen LogP contribution in [0.15, 0.2) is 24.3 Å². The second-order valence-corrected chi connectivity index (χ2v) is 6.99. The molecule has 7 nitrogen and oxygen atoms in total. The van der Waals surface area contributed by atoms with E-state index < -0.39 is 40.9 Å². The summed E-state index contributed by atoms with van der Waals surface area (Å²) < 4.78 is 9.83. The van der Waals surface area contributed by atoms with Gasteiger partial charge in [0.25, 0.3) is 0 Å². The largest absolute Gasteiger partial charge is 0.378 e. The van der Waals surface area contributed by atoms with Crippen LogP contribution in [0.1, 0.15) is 25.3 Å². The Kier molecular flexibility index (Phi) is 9.15. The Morgan fingerprint density at radius 1 is 0.821 bits per heavy atom. The first kappa shape index (κ1) is 23.7. The molecule has 0 bridgehead atoms. The second-order valence-electron chi connectivity index (χ2n) is 6.99. The summed E-state index contributed by atoms with van der Waals surface area (Å²) in [7, 11) is 6.48. The van der Waals surface area contributed by atoms with Crippen molar-refractivity contribution in [2.45, 2.75) is 19.8 Å². The van der Waals surface area contributed by atoms with E-state index in [1.165, 1.54) is 28.1 Å². The number of rotatable bonds is 12. The molecule has 0 amide bonds. The predicted molar refractivity (Wildman–Crippen MR) is 106 cm³/mol. The molecule has 0 N–H and O–H groups in total. The number of methoxy groups -OCH3 is 2. The molecule has 1 rings (SSSR count). The summed E-state index contributed by atoms with van der Waals surface area (Å²) in [5.74, 6) is -5.02. The lowest BCUT2D eigenvalue weighted by Crippen LogP contribution is -2.41. The Hall–Kier alpha value is -2.38. The molecule has 1 aromatic carbocycles. The van der Waals surface area contributed by atoms with Crippen LogP contribution in [0.5, 0.6) is 0 Å². The van der Waals surface area contributed by atoms with Gasteiger partial charge in [-0.1, -0.05) is 12.1 Å². The number of ketones is 4. The minimum absolute atomic E-state index is 0.278. The Morgan fingerprint density at radius 3 is 1.50 bits per heavy atom. The van der Waals surface area contributed by atoms with Crippen molar-refractivity contribution >= 4 is 28.8 Å². The van der Waals surface area contributed by atoms with Gasteiger partial charge >= 0.3 is 0 Å². The molecule has 0 aromatic heterocycles. The van der Waals surface area contributed by atoms with Crippen LogP contribution in [0.25, 0.3) is 0 Å². The lowest BCUT2D eigenvalue weighted by molar-refractivity contribution is -0.139. The van der Waals surface area contributed by atoms with Crippen LogP contribution in [0.4, 0.5) is 5.69 Å². The highest BCUT2D eigenvalue weighted by molar-refractivity contribution is 6.08. The van der Waals surface area contributed by atoms with Gasteiger partial charge in [-0.3, -0.25) is 19.2 Å². The van der Waals surface area contributed by atoms with E-state index >= 15 is 0 Å². The van der Waals surface area contributed by atoms with E-state index in [0.717, 1.165) is 5.69 Å². The van der Waals surface area contributed by atoms with Gasteiger partial charge in [-0.05, 0) is 31.5 Å². The average molecular weight is 391 g/mol. The standard InChI is InChI=1S/C21H29NO6/c1-13(23)19(17(25)11-27-5)21(20(14(2)24)18(26)12-28-6)15-7-9-16(10-8-15)22(3)4/h7-10,19-21H,11-12H2,1-6H3/t19-,20-/m1/s1. The van der Waals surface area contributed by atoms with Gasteiger partial charge in [-0.25, -0.2) is 0 Å². The predicted octanol–water partition coefficient (Wildman–Crippen LogP) is 1.68. The quantitative estimate of drug-likeness (QED) is 0.501. The number of anilines is 1. The molecule has 0 spiro atoms. The van der Waals surface area contributed by atoms with Crippen LogP contribution in [0, 0.1) is 11.8 Å². The van der Waals surface area contributed by atoms with E-state index in [-0.39, 0.29) is 13.2 Å². The van der Waals surface area contributed by atoms with Gasteiger partial charge in [0.15, 0.2) is 11.6 Å². The Morgan fingerprint density at radius 2 is 1.21 bits per heavy atom. The first-order chi connectivity index (χ1) is 13.1. The fraction of sp³-hybridized carbons (Fsp3) is 0.524. The Balaban J connectivity index is 3.58. The third-order valence-corrected chi connectivity index (χ3v) is 4.66. The maximum Gasteiger partial charge on any atom is 0.169 e. The molecule has 0 saturated carbocycles. The van der Waals surface area contributed by atoms with Crippen LogP contribution in [0.2, 0.25) is 0 Å². The van der Waals surface area contributed by atoms with Gasteiger partial charge in [0, 0.05) is 39.9 Å².